The van der Waals surface area contributed by atoms with Crippen molar-refractivity contribution < 1.29 is 4.79 Å². The number of rotatable bonds is 2. The van der Waals surface area contributed by atoms with Crippen LogP contribution in [0.4, 0.5) is 5.69 Å². The fourth-order valence-corrected chi connectivity index (χ4v) is 1.83. The van der Waals surface area contributed by atoms with E-state index in [0.29, 0.717) is 5.56 Å². The van der Waals surface area contributed by atoms with Gasteiger partial charge in [0.1, 0.15) is 0 Å². The van der Waals surface area contributed by atoms with E-state index >= 15 is 0 Å². The number of pyridine rings is 1. The minimum Gasteiger partial charge on any atom is -0.322 e. The van der Waals surface area contributed by atoms with Crippen molar-refractivity contribution in [1.29, 1.82) is 0 Å². The van der Waals surface area contributed by atoms with Gasteiger partial charge in [-0.25, -0.2) is 4.52 Å². The molecule has 4 nitrogen and oxygen atoms in total. The van der Waals surface area contributed by atoms with Gasteiger partial charge in [0.05, 0.1) is 17.3 Å². The molecule has 4 heteroatoms. The van der Waals surface area contributed by atoms with Gasteiger partial charge in [0.2, 0.25) is 0 Å². The molecule has 1 N–H and O–H groups in total. The van der Waals surface area contributed by atoms with Crippen molar-refractivity contribution >= 4 is 17.1 Å². The maximum atomic E-state index is 12.1. The average Bonchev–Trinajstić information content (AvgIpc) is 2.94. The van der Waals surface area contributed by atoms with Crippen LogP contribution in [0.5, 0.6) is 0 Å². The highest BCUT2D eigenvalue weighted by molar-refractivity contribution is 6.08. The van der Waals surface area contributed by atoms with Crippen LogP contribution >= 0.6 is 0 Å². The fraction of sp³-hybridized carbons (Fsp3) is 0.125. The van der Waals surface area contributed by atoms with Gasteiger partial charge in [0.15, 0.2) is 0 Å². The van der Waals surface area contributed by atoms with E-state index in [0.717, 1.165) is 11.2 Å². The first-order valence-electron chi connectivity index (χ1n) is 6.63. The molecule has 0 aliphatic rings. The van der Waals surface area contributed by atoms with E-state index in [-0.39, 0.29) is 5.91 Å². The van der Waals surface area contributed by atoms with Crippen molar-refractivity contribution in [2.75, 3.05) is 5.32 Å². The molecule has 0 aliphatic heterocycles. The normalized spacial score (nSPS) is 9.70. The van der Waals surface area contributed by atoms with Crippen molar-refractivity contribution in [1.82, 2.24) is 9.61 Å². The van der Waals surface area contributed by atoms with E-state index in [1.807, 2.05) is 68.6 Å². The molecular formula is C16H17N3O. The van der Waals surface area contributed by atoms with Gasteiger partial charge in [-0.2, -0.15) is 5.10 Å². The number of nitrogens with zero attached hydrogens (tertiary/aromatic N) is 2. The second-order valence-corrected chi connectivity index (χ2v) is 3.91. The molecule has 102 valence electrons. The predicted molar refractivity (Wildman–Crippen MR) is 80.9 cm³/mol. The molecule has 0 radical (unpaired) electrons. The van der Waals surface area contributed by atoms with E-state index in [1.54, 1.807) is 10.7 Å². The van der Waals surface area contributed by atoms with Crippen LogP contribution in [0.25, 0.3) is 5.52 Å². The molecule has 2 aromatic heterocycles. The molecule has 20 heavy (non-hydrogen) atoms. The largest absolute Gasteiger partial charge is 0.322 e. The molecule has 0 spiro atoms. The second kappa shape index (κ2) is 6.52. The van der Waals surface area contributed by atoms with Crippen molar-refractivity contribution in [3.8, 4) is 0 Å². The molecule has 0 aliphatic carbocycles. The highest BCUT2D eigenvalue weighted by Crippen LogP contribution is 2.13. The van der Waals surface area contributed by atoms with Gasteiger partial charge in [-0.15, -0.1) is 0 Å². The number of aromatic nitrogens is 2. The molecule has 0 bridgehead atoms. The molecule has 0 atom stereocenters. The number of fused-ring (bicyclic) bond motifs is 1. The zero-order valence-corrected chi connectivity index (χ0v) is 11.6. The first kappa shape index (κ1) is 13.8. The number of hydrogen-bond donors (Lipinski definition) is 1. The zero-order chi connectivity index (χ0) is 14.4. The summed E-state index contributed by atoms with van der Waals surface area (Å²) >= 11 is 0. The van der Waals surface area contributed by atoms with Gasteiger partial charge >= 0.3 is 0 Å². The van der Waals surface area contributed by atoms with Crippen molar-refractivity contribution in [3.63, 3.8) is 0 Å². The van der Waals surface area contributed by atoms with Crippen LogP contribution in [0.1, 0.15) is 24.2 Å². The Morgan fingerprint density at radius 1 is 1.05 bits per heavy atom. The average molecular weight is 267 g/mol. The first-order valence-corrected chi connectivity index (χ1v) is 6.63. The quantitative estimate of drug-likeness (QED) is 0.771. The minimum atomic E-state index is -0.151. The third kappa shape index (κ3) is 2.85. The van der Waals surface area contributed by atoms with Crippen LogP contribution in [-0.2, 0) is 0 Å². The molecule has 2 heterocycles. The topological polar surface area (TPSA) is 46.4 Å². The lowest BCUT2D eigenvalue weighted by molar-refractivity contribution is 0.102. The van der Waals surface area contributed by atoms with E-state index < -0.39 is 0 Å². The highest BCUT2D eigenvalue weighted by atomic mass is 16.1. The standard InChI is InChI=1S/C14H11N3O.C2H6/c18-14(16-11-6-2-1-3-7-11)12-10-15-17-9-5-4-8-13(12)17;1-2/h1-10H,(H,16,18);1-2H3. The summed E-state index contributed by atoms with van der Waals surface area (Å²) in [4.78, 5) is 12.1. The van der Waals surface area contributed by atoms with Gasteiger partial charge in [-0.1, -0.05) is 38.1 Å². The number of hydrogen-bond acceptors (Lipinski definition) is 2. The molecular weight excluding hydrogens is 250 g/mol. The van der Waals surface area contributed by atoms with E-state index in [2.05, 4.69) is 10.4 Å². The summed E-state index contributed by atoms with van der Waals surface area (Å²) in [6, 6.07) is 15.0. The maximum Gasteiger partial charge on any atom is 0.259 e. The Bertz CT molecular complexity index is 689. The summed E-state index contributed by atoms with van der Waals surface area (Å²) < 4.78 is 1.68. The summed E-state index contributed by atoms with van der Waals surface area (Å²) in [6.07, 6.45) is 3.39. The van der Waals surface area contributed by atoms with Crippen LogP contribution in [0.2, 0.25) is 0 Å². The number of carbonyl (C=O) groups is 1. The number of amides is 1. The van der Waals surface area contributed by atoms with Crippen LogP contribution in [0.15, 0.2) is 60.9 Å². The number of nitrogens with one attached hydrogen (secondary N) is 1. The smallest absolute Gasteiger partial charge is 0.259 e. The first-order chi connectivity index (χ1) is 9.84. The number of para-hydroxylation sites is 1. The maximum absolute atomic E-state index is 12.1. The predicted octanol–water partition coefficient (Wildman–Crippen LogP) is 3.61. The number of anilines is 1. The third-order valence-corrected chi connectivity index (χ3v) is 2.70. The summed E-state index contributed by atoms with van der Waals surface area (Å²) in [5.41, 5.74) is 2.14. The molecule has 3 aromatic rings. The zero-order valence-electron chi connectivity index (χ0n) is 11.6. The summed E-state index contributed by atoms with van der Waals surface area (Å²) in [6.45, 7) is 4.00. The Hall–Kier alpha value is -2.62. The van der Waals surface area contributed by atoms with Gasteiger partial charge < -0.3 is 5.32 Å². The molecule has 0 fully saturated rings. The van der Waals surface area contributed by atoms with Gasteiger partial charge in [0.25, 0.3) is 5.91 Å². The Kier molecular flexibility index (Phi) is 4.50. The molecule has 1 amide bonds. The van der Waals surface area contributed by atoms with Crippen LogP contribution in [0.3, 0.4) is 0 Å². The second-order valence-electron chi connectivity index (χ2n) is 3.91. The van der Waals surface area contributed by atoms with Crippen LogP contribution < -0.4 is 5.32 Å². The monoisotopic (exact) mass is 267 g/mol. The lowest BCUT2D eigenvalue weighted by atomic mass is 10.2. The third-order valence-electron chi connectivity index (χ3n) is 2.70. The van der Waals surface area contributed by atoms with Crippen molar-refractivity contribution in [3.05, 3.63) is 66.5 Å². The summed E-state index contributed by atoms with van der Waals surface area (Å²) in [7, 11) is 0. The fourth-order valence-electron chi connectivity index (χ4n) is 1.83. The minimum absolute atomic E-state index is 0.151. The van der Waals surface area contributed by atoms with E-state index in [1.165, 1.54) is 0 Å². The number of benzene rings is 1. The summed E-state index contributed by atoms with van der Waals surface area (Å²) in [5.74, 6) is -0.151. The molecule has 0 saturated carbocycles. The molecule has 0 saturated heterocycles. The SMILES string of the molecule is CC.O=C(Nc1ccccc1)c1cnn2ccccc12. The van der Waals surface area contributed by atoms with Gasteiger partial charge in [-0.3, -0.25) is 4.79 Å². The Labute approximate surface area is 118 Å². The van der Waals surface area contributed by atoms with Gasteiger partial charge in [0, 0.05) is 11.9 Å². The lowest BCUT2D eigenvalue weighted by Gasteiger charge is -2.03. The summed E-state index contributed by atoms with van der Waals surface area (Å²) in [5, 5.41) is 6.98. The Morgan fingerprint density at radius 2 is 1.75 bits per heavy atom. The Morgan fingerprint density at radius 3 is 2.50 bits per heavy atom. The van der Waals surface area contributed by atoms with E-state index in [4.69, 9.17) is 0 Å². The Balaban J connectivity index is 0.000000704. The highest BCUT2D eigenvalue weighted by Gasteiger charge is 2.11. The molecule has 3 rings (SSSR count). The van der Waals surface area contributed by atoms with Crippen LogP contribution in [-0.4, -0.2) is 15.5 Å². The van der Waals surface area contributed by atoms with E-state index in [9.17, 15) is 4.79 Å². The lowest BCUT2D eigenvalue weighted by Crippen LogP contribution is -2.11. The van der Waals surface area contributed by atoms with Crippen molar-refractivity contribution in [2.24, 2.45) is 0 Å². The van der Waals surface area contributed by atoms with Gasteiger partial charge in [-0.05, 0) is 24.3 Å². The molecule has 0 unspecified atom stereocenters. The van der Waals surface area contributed by atoms with Crippen LogP contribution in [0, 0.1) is 0 Å². The molecule has 1 aromatic carbocycles. The van der Waals surface area contributed by atoms with Crippen molar-refractivity contribution in [2.45, 2.75) is 13.8 Å². The number of carbonyl (C=O) groups excluding carboxylic acids is 1.